The first-order chi connectivity index (χ1) is 11.8. The number of carbonyl (C=O) groups excluding carboxylic acids is 2. The quantitative estimate of drug-likeness (QED) is 0.738. The van der Waals surface area contributed by atoms with Crippen LogP contribution in [-0.2, 0) is 9.59 Å². The first kappa shape index (κ1) is 19.6. The molecular formula is C18H17Cl3N2O2. The summed E-state index contributed by atoms with van der Waals surface area (Å²) in [6, 6.07) is 10.1. The Hall–Kier alpha value is -1.75. The molecule has 0 aliphatic rings. The maximum absolute atomic E-state index is 12.2. The van der Waals surface area contributed by atoms with Gasteiger partial charge in [0.1, 0.15) is 0 Å². The second-order valence-corrected chi connectivity index (χ2v) is 6.73. The van der Waals surface area contributed by atoms with Crippen molar-refractivity contribution >= 4 is 58.0 Å². The lowest BCUT2D eigenvalue weighted by molar-refractivity contribution is -0.117. The smallest absolute Gasteiger partial charge is 0.226 e. The van der Waals surface area contributed by atoms with E-state index in [2.05, 4.69) is 5.32 Å². The Morgan fingerprint density at radius 2 is 1.80 bits per heavy atom. The molecule has 2 amide bonds. The normalized spacial score (nSPS) is 10.4. The zero-order chi connectivity index (χ0) is 18.6. The summed E-state index contributed by atoms with van der Waals surface area (Å²) in [5.74, 6) is -0.436. The number of halogens is 3. The Morgan fingerprint density at radius 1 is 1.08 bits per heavy atom. The molecule has 2 rings (SSSR count). The molecule has 0 spiro atoms. The van der Waals surface area contributed by atoms with E-state index in [0.29, 0.717) is 26.4 Å². The number of hydrogen-bond donors (Lipinski definition) is 1. The third-order valence-corrected chi connectivity index (χ3v) is 4.65. The van der Waals surface area contributed by atoms with Gasteiger partial charge in [0.15, 0.2) is 0 Å². The van der Waals surface area contributed by atoms with Gasteiger partial charge in [0.25, 0.3) is 0 Å². The van der Waals surface area contributed by atoms with E-state index in [-0.39, 0.29) is 24.8 Å². The zero-order valence-electron chi connectivity index (χ0n) is 13.8. The largest absolute Gasteiger partial charge is 0.325 e. The second-order valence-electron chi connectivity index (χ2n) is 5.48. The van der Waals surface area contributed by atoms with Crippen LogP contribution in [0, 0.1) is 6.92 Å². The van der Waals surface area contributed by atoms with Crippen molar-refractivity contribution in [1.29, 1.82) is 0 Å². The zero-order valence-corrected chi connectivity index (χ0v) is 16.0. The fourth-order valence-electron chi connectivity index (χ4n) is 2.36. The van der Waals surface area contributed by atoms with Crippen LogP contribution < -0.4 is 10.2 Å². The maximum Gasteiger partial charge on any atom is 0.226 e. The van der Waals surface area contributed by atoms with Crippen molar-refractivity contribution < 1.29 is 9.59 Å². The topological polar surface area (TPSA) is 49.4 Å². The Kier molecular flexibility index (Phi) is 6.71. The highest BCUT2D eigenvalue weighted by molar-refractivity contribution is 6.35. The van der Waals surface area contributed by atoms with E-state index in [1.165, 1.54) is 11.8 Å². The molecule has 0 aromatic heterocycles. The van der Waals surface area contributed by atoms with Crippen LogP contribution in [0.4, 0.5) is 11.4 Å². The summed E-state index contributed by atoms with van der Waals surface area (Å²) < 4.78 is 0. The number of rotatable bonds is 5. The summed E-state index contributed by atoms with van der Waals surface area (Å²) in [4.78, 5) is 25.7. The molecule has 0 aliphatic carbocycles. The van der Waals surface area contributed by atoms with Gasteiger partial charge >= 0.3 is 0 Å². The summed E-state index contributed by atoms with van der Waals surface area (Å²) in [5, 5.41) is 4.14. The van der Waals surface area contributed by atoms with E-state index in [0.717, 1.165) is 5.56 Å². The summed E-state index contributed by atoms with van der Waals surface area (Å²) in [7, 11) is 0. The Morgan fingerprint density at radius 3 is 2.48 bits per heavy atom. The van der Waals surface area contributed by atoms with E-state index in [4.69, 9.17) is 34.8 Å². The number of nitrogens with one attached hydrogen (secondary N) is 1. The molecule has 4 nitrogen and oxygen atoms in total. The van der Waals surface area contributed by atoms with Crippen LogP contribution >= 0.6 is 34.8 Å². The lowest BCUT2D eigenvalue weighted by Gasteiger charge is -2.23. The van der Waals surface area contributed by atoms with Crippen LogP contribution in [0.2, 0.25) is 15.1 Å². The van der Waals surface area contributed by atoms with Crippen molar-refractivity contribution in [3.05, 3.63) is 57.0 Å². The van der Waals surface area contributed by atoms with Crippen molar-refractivity contribution in [2.24, 2.45) is 0 Å². The molecule has 1 N–H and O–H groups in total. The number of carbonyl (C=O) groups is 2. The minimum atomic E-state index is -0.268. The average Bonchev–Trinajstić information content (AvgIpc) is 2.54. The summed E-state index contributed by atoms with van der Waals surface area (Å²) in [6.07, 6.45) is 0.106. The molecule has 2 aromatic carbocycles. The van der Waals surface area contributed by atoms with Gasteiger partial charge in [-0.1, -0.05) is 40.9 Å². The van der Waals surface area contributed by atoms with Gasteiger partial charge in [0.05, 0.1) is 10.7 Å². The standard InChI is InChI=1S/C18H17Cl3N2O2/c1-11-14(20)4-3-5-17(11)23(12(2)24)9-8-18(25)22-16-10-13(19)6-7-15(16)21/h3-7,10H,8-9H2,1-2H3,(H,22,25). The monoisotopic (exact) mass is 398 g/mol. The van der Waals surface area contributed by atoms with Gasteiger partial charge in [-0.25, -0.2) is 0 Å². The van der Waals surface area contributed by atoms with E-state index in [1.807, 2.05) is 6.92 Å². The molecule has 0 unspecified atom stereocenters. The number of anilines is 2. The molecule has 0 aliphatic heterocycles. The third kappa shape index (κ3) is 5.11. The third-order valence-electron chi connectivity index (χ3n) is 3.67. The summed E-state index contributed by atoms with van der Waals surface area (Å²) in [6.45, 7) is 3.51. The highest BCUT2D eigenvalue weighted by Crippen LogP contribution is 2.28. The number of hydrogen-bond acceptors (Lipinski definition) is 2. The van der Waals surface area contributed by atoms with Crippen LogP contribution in [-0.4, -0.2) is 18.4 Å². The SMILES string of the molecule is CC(=O)N(CCC(=O)Nc1cc(Cl)ccc1Cl)c1cccc(Cl)c1C. The van der Waals surface area contributed by atoms with E-state index in [9.17, 15) is 9.59 Å². The average molecular weight is 400 g/mol. The summed E-state index contributed by atoms with van der Waals surface area (Å²) >= 11 is 18.1. The van der Waals surface area contributed by atoms with Crippen LogP contribution in [0.1, 0.15) is 18.9 Å². The molecule has 0 fully saturated rings. The highest BCUT2D eigenvalue weighted by Gasteiger charge is 2.17. The first-order valence-electron chi connectivity index (χ1n) is 7.57. The molecular weight excluding hydrogens is 383 g/mol. The van der Waals surface area contributed by atoms with Crippen molar-refractivity contribution in [2.45, 2.75) is 20.3 Å². The minimum Gasteiger partial charge on any atom is -0.325 e. The summed E-state index contributed by atoms with van der Waals surface area (Å²) in [5.41, 5.74) is 1.92. The molecule has 7 heteroatoms. The van der Waals surface area contributed by atoms with Crippen molar-refractivity contribution in [3.63, 3.8) is 0 Å². The van der Waals surface area contributed by atoms with Gasteiger partial charge in [-0.15, -0.1) is 0 Å². The van der Waals surface area contributed by atoms with Gasteiger partial charge in [-0.3, -0.25) is 9.59 Å². The van der Waals surface area contributed by atoms with Gasteiger partial charge < -0.3 is 10.2 Å². The molecule has 0 saturated heterocycles. The lowest BCUT2D eigenvalue weighted by Crippen LogP contribution is -2.32. The minimum absolute atomic E-state index is 0.106. The van der Waals surface area contributed by atoms with Gasteiger partial charge in [-0.05, 0) is 42.8 Å². The first-order valence-corrected chi connectivity index (χ1v) is 8.71. The predicted octanol–water partition coefficient (Wildman–Crippen LogP) is 5.34. The van der Waals surface area contributed by atoms with Crippen molar-refractivity contribution in [2.75, 3.05) is 16.8 Å². The molecule has 0 bridgehead atoms. The highest BCUT2D eigenvalue weighted by atomic mass is 35.5. The molecule has 0 atom stereocenters. The second kappa shape index (κ2) is 8.56. The maximum atomic E-state index is 12.2. The number of benzene rings is 2. The molecule has 2 aromatic rings. The molecule has 0 radical (unpaired) electrons. The Labute approximate surface area is 161 Å². The van der Waals surface area contributed by atoms with Crippen LogP contribution in [0.3, 0.4) is 0 Å². The van der Waals surface area contributed by atoms with E-state index in [1.54, 1.807) is 36.4 Å². The molecule has 0 heterocycles. The van der Waals surface area contributed by atoms with Crippen LogP contribution in [0.5, 0.6) is 0 Å². The fraction of sp³-hybridized carbons (Fsp3) is 0.222. The van der Waals surface area contributed by atoms with Gasteiger partial charge in [0, 0.05) is 35.6 Å². The fourth-order valence-corrected chi connectivity index (χ4v) is 2.86. The molecule has 25 heavy (non-hydrogen) atoms. The van der Waals surface area contributed by atoms with E-state index >= 15 is 0 Å². The van der Waals surface area contributed by atoms with Crippen LogP contribution in [0.25, 0.3) is 0 Å². The van der Waals surface area contributed by atoms with E-state index < -0.39 is 0 Å². The number of amides is 2. The number of nitrogens with zero attached hydrogens (tertiary/aromatic N) is 1. The Balaban J connectivity index is 2.08. The van der Waals surface area contributed by atoms with Gasteiger partial charge in [-0.2, -0.15) is 0 Å². The molecule has 132 valence electrons. The van der Waals surface area contributed by atoms with Gasteiger partial charge in [0.2, 0.25) is 11.8 Å². The van der Waals surface area contributed by atoms with Crippen molar-refractivity contribution in [1.82, 2.24) is 0 Å². The van der Waals surface area contributed by atoms with Crippen LogP contribution in [0.15, 0.2) is 36.4 Å². The van der Waals surface area contributed by atoms with Crippen molar-refractivity contribution in [3.8, 4) is 0 Å². The lowest BCUT2D eigenvalue weighted by atomic mass is 10.1. The predicted molar refractivity (Wildman–Crippen MR) is 104 cm³/mol. The Bertz CT molecular complexity index is 809. The molecule has 0 saturated carbocycles.